The van der Waals surface area contributed by atoms with E-state index < -0.39 is 0 Å². The highest BCUT2D eigenvalue weighted by Gasteiger charge is 2.25. The molecule has 1 aliphatic heterocycles. The molecular weight excluding hydrogens is 366 g/mol. The van der Waals surface area contributed by atoms with Crippen LogP contribution in [0.5, 0.6) is 0 Å². The van der Waals surface area contributed by atoms with Gasteiger partial charge in [-0.05, 0) is 29.8 Å². The fourth-order valence-corrected chi connectivity index (χ4v) is 2.76. The van der Waals surface area contributed by atoms with Crippen LogP contribution in [0.1, 0.15) is 5.56 Å². The topological polar surface area (TPSA) is 62.8 Å². The van der Waals surface area contributed by atoms with Crippen LogP contribution in [-0.2, 0) is 16.1 Å². The van der Waals surface area contributed by atoms with E-state index in [4.69, 9.17) is 21.1 Å². The summed E-state index contributed by atoms with van der Waals surface area (Å²) in [6, 6.07) is 17.0. The second kappa shape index (κ2) is 10.2. The fourth-order valence-electron chi connectivity index (χ4n) is 2.63. The Morgan fingerprint density at radius 3 is 2.78 bits per heavy atom. The highest BCUT2D eigenvalue weighted by atomic mass is 35.5. The summed E-state index contributed by atoms with van der Waals surface area (Å²) in [7, 11) is 0. The third kappa shape index (κ3) is 6.43. The van der Waals surface area contributed by atoms with Crippen molar-refractivity contribution in [3.63, 3.8) is 0 Å². The number of anilines is 1. The fraction of sp³-hybridized carbons (Fsp3) is 0.300. The van der Waals surface area contributed by atoms with Gasteiger partial charge in [-0.2, -0.15) is 0 Å². The van der Waals surface area contributed by atoms with Crippen molar-refractivity contribution in [2.45, 2.75) is 12.7 Å². The molecule has 2 N–H and O–H groups in total. The summed E-state index contributed by atoms with van der Waals surface area (Å²) in [6.45, 7) is 5.19. The Bertz CT molecular complexity index is 712. The lowest BCUT2D eigenvalue weighted by Gasteiger charge is -2.32. The van der Waals surface area contributed by atoms with Gasteiger partial charge in [-0.3, -0.25) is 5.32 Å². The smallest absolute Gasteiger partial charge is 0.410 e. The number of nitrogens with zero attached hydrogens (tertiary/aromatic N) is 1. The van der Waals surface area contributed by atoms with E-state index in [1.54, 1.807) is 17.0 Å². The second-order valence-corrected chi connectivity index (χ2v) is 6.55. The lowest BCUT2D eigenvalue weighted by molar-refractivity contribution is -0.0261. The van der Waals surface area contributed by atoms with E-state index in [0.717, 1.165) is 11.3 Å². The molecule has 1 atom stereocenters. The van der Waals surface area contributed by atoms with Crippen LogP contribution in [-0.4, -0.2) is 43.3 Å². The molecule has 0 aliphatic carbocycles. The average Bonchev–Trinajstić information content (AvgIpc) is 2.72. The van der Waals surface area contributed by atoms with Crippen LogP contribution in [0.2, 0.25) is 5.02 Å². The van der Waals surface area contributed by atoms with Crippen LogP contribution in [0, 0.1) is 6.67 Å². The summed E-state index contributed by atoms with van der Waals surface area (Å²) < 4.78 is 11.1. The van der Waals surface area contributed by atoms with Gasteiger partial charge in [0.15, 0.2) is 6.67 Å². The van der Waals surface area contributed by atoms with Crippen LogP contribution in [0.4, 0.5) is 10.5 Å². The minimum Gasteiger partial charge on any atom is -0.445 e. The maximum Gasteiger partial charge on any atom is 0.410 e. The van der Waals surface area contributed by atoms with Crippen molar-refractivity contribution < 1.29 is 14.3 Å². The van der Waals surface area contributed by atoms with Gasteiger partial charge < -0.3 is 19.7 Å². The number of rotatable bonds is 7. The van der Waals surface area contributed by atoms with Crippen molar-refractivity contribution in [3.05, 3.63) is 71.9 Å². The Hall–Kier alpha value is -2.28. The van der Waals surface area contributed by atoms with E-state index >= 15 is 0 Å². The minimum absolute atomic E-state index is 0.123. The van der Waals surface area contributed by atoms with Crippen LogP contribution in [0.3, 0.4) is 0 Å². The number of hydrogen-bond acceptors (Lipinski definition) is 5. The molecule has 2 aromatic carbocycles. The zero-order valence-corrected chi connectivity index (χ0v) is 15.6. The van der Waals surface area contributed by atoms with Gasteiger partial charge >= 0.3 is 6.09 Å². The van der Waals surface area contributed by atoms with Gasteiger partial charge in [0.2, 0.25) is 0 Å². The van der Waals surface area contributed by atoms with Crippen LogP contribution in [0.25, 0.3) is 0 Å². The first-order valence-corrected chi connectivity index (χ1v) is 9.15. The molecule has 3 rings (SSSR count). The number of halogens is 1. The van der Waals surface area contributed by atoms with E-state index in [1.807, 2.05) is 42.5 Å². The number of carbonyl (C=O) groups excluding carboxylic acids is 1. The van der Waals surface area contributed by atoms with Gasteiger partial charge in [0.1, 0.15) is 6.61 Å². The molecule has 1 saturated heterocycles. The van der Waals surface area contributed by atoms with E-state index in [0.29, 0.717) is 31.3 Å². The highest BCUT2D eigenvalue weighted by molar-refractivity contribution is 6.30. The first kappa shape index (κ1) is 19.5. The third-order valence-electron chi connectivity index (χ3n) is 4.07. The lowest BCUT2D eigenvalue weighted by atomic mass is 10.2. The normalized spacial score (nSPS) is 16.8. The van der Waals surface area contributed by atoms with Crippen molar-refractivity contribution in [1.29, 1.82) is 0 Å². The summed E-state index contributed by atoms with van der Waals surface area (Å²) in [6.07, 6.45) is -0.443. The van der Waals surface area contributed by atoms with E-state index in [2.05, 4.69) is 17.3 Å². The van der Waals surface area contributed by atoms with Crippen molar-refractivity contribution >= 4 is 23.4 Å². The molecule has 27 heavy (non-hydrogen) atoms. The molecule has 142 valence electrons. The number of benzene rings is 2. The van der Waals surface area contributed by atoms with Crippen molar-refractivity contribution in [3.8, 4) is 0 Å². The molecule has 6 nitrogen and oxygen atoms in total. The Morgan fingerprint density at radius 2 is 2.00 bits per heavy atom. The highest BCUT2D eigenvalue weighted by Crippen LogP contribution is 2.13. The first-order valence-electron chi connectivity index (χ1n) is 8.77. The Kier molecular flexibility index (Phi) is 7.33. The number of hydrogen-bond donors (Lipinski definition) is 2. The Morgan fingerprint density at radius 1 is 1.22 bits per heavy atom. The first-order chi connectivity index (χ1) is 13.2. The third-order valence-corrected chi connectivity index (χ3v) is 4.32. The van der Waals surface area contributed by atoms with E-state index in [9.17, 15) is 4.79 Å². The number of morpholine rings is 1. The predicted molar refractivity (Wildman–Crippen MR) is 104 cm³/mol. The van der Waals surface area contributed by atoms with Crippen molar-refractivity contribution in [2.24, 2.45) is 0 Å². The summed E-state index contributed by atoms with van der Waals surface area (Å²) in [4.78, 5) is 13.9. The largest absolute Gasteiger partial charge is 0.445 e. The minimum atomic E-state index is -0.320. The van der Waals surface area contributed by atoms with Gasteiger partial charge in [0, 0.05) is 23.8 Å². The molecule has 1 heterocycles. The zero-order valence-electron chi connectivity index (χ0n) is 14.9. The maximum absolute atomic E-state index is 12.2. The standard InChI is InChI=1S/C20H22ClN3O3/c21-17-6-8-18(9-7-17)23-15-22-12-19-13-24(10-11-26-19)20(25)27-14-16-4-2-1-3-5-16/h1-9,19,22-23H,10-14H2. The lowest BCUT2D eigenvalue weighted by Crippen LogP contribution is -2.49. The Balaban J connectivity index is 1.35. The monoisotopic (exact) mass is 387 g/mol. The zero-order chi connectivity index (χ0) is 18.9. The average molecular weight is 388 g/mol. The molecule has 0 aromatic heterocycles. The summed E-state index contributed by atoms with van der Waals surface area (Å²) in [5, 5.41) is 6.72. The van der Waals surface area contributed by atoms with Crippen LogP contribution < -0.4 is 10.6 Å². The Labute approximate surface area is 164 Å². The molecule has 2 radical (unpaired) electrons. The van der Waals surface area contributed by atoms with E-state index in [-0.39, 0.29) is 18.8 Å². The van der Waals surface area contributed by atoms with Gasteiger partial charge in [0.05, 0.1) is 19.3 Å². The summed E-state index contributed by atoms with van der Waals surface area (Å²) >= 11 is 5.85. The number of nitrogens with one attached hydrogen (secondary N) is 2. The molecule has 1 fully saturated rings. The second-order valence-electron chi connectivity index (χ2n) is 6.12. The SMILES string of the molecule is O=C(OCc1ccccc1)N1CCOC(CN[C]Nc2ccc(Cl)cc2)C1. The molecule has 0 bridgehead atoms. The van der Waals surface area contributed by atoms with Gasteiger partial charge in [-0.25, -0.2) is 4.79 Å². The van der Waals surface area contributed by atoms with Crippen molar-refractivity contribution in [1.82, 2.24) is 10.2 Å². The molecule has 1 unspecified atom stereocenters. The number of carbonyl (C=O) groups is 1. The van der Waals surface area contributed by atoms with Crippen molar-refractivity contribution in [2.75, 3.05) is 31.6 Å². The molecule has 1 amide bonds. The number of amides is 1. The summed E-state index contributed by atoms with van der Waals surface area (Å²) in [5.74, 6) is 0. The molecule has 7 heteroatoms. The van der Waals surface area contributed by atoms with Crippen LogP contribution >= 0.6 is 11.6 Å². The predicted octanol–water partition coefficient (Wildman–Crippen LogP) is 3.38. The summed E-state index contributed by atoms with van der Waals surface area (Å²) in [5.41, 5.74) is 1.84. The molecule has 2 aromatic rings. The molecule has 0 spiro atoms. The van der Waals surface area contributed by atoms with E-state index in [1.165, 1.54) is 0 Å². The van der Waals surface area contributed by atoms with Crippen LogP contribution in [0.15, 0.2) is 54.6 Å². The quantitative estimate of drug-likeness (QED) is 0.563. The molecule has 0 saturated carbocycles. The van der Waals surface area contributed by atoms with Gasteiger partial charge in [-0.15, -0.1) is 0 Å². The number of ether oxygens (including phenoxy) is 2. The molecule has 1 aliphatic rings. The maximum atomic E-state index is 12.2. The molecular formula is C20H22ClN3O3. The van der Waals surface area contributed by atoms with Gasteiger partial charge in [0.25, 0.3) is 0 Å². The van der Waals surface area contributed by atoms with Gasteiger partial charge in [-0.1, -0.05) is 41.9 Å².